The van der Waals surface area contributed by atoms with Crippen molar-refractivity contribution >= 4 is 35.0 Å². The molecule has 1 amide bonds. The summed E-state index contributed by atoms with van der Waals surface area (Å²) in [6.07, 6.45) is 3.11. The van der Waals surface area contributed by atoms with Gasteiger partial charge in [0.1, 0.15) is 18.5 Å². The third-order valence-electron chi connectivity index (χ3n) is 6.68. The van der Waals surface area contributed by atoms with Crippen molar-refractivity contribution in [2.24, 2.45) is 0 Å². The molecule has 3 aromatic heterocycles. The summed E-state index contributed by atoms with van der Waals surface area (Å²) in [4.78, 5) is 35.1. The third-order valence-corrected chi connectivity index (χ3v) is 7.21. The van der Waals surface area contributed by atoms with Crippen LogP contribution >= 0.6 is 23.2 Å². The molecule has 1 N–H and O–H groups in total. The van der Waals surface area contributed by atoms with Gasteiger partial charge in [0.15, 0.2) is 5.15 Å². The van der Waals surface area contributed by atoms with Gasteiger partial charge in [-0.1, -0.05) is 23.2 Å². The van der Waals surface area contributed by atoms with Crippen LogP contribution in [0.5, 0.6) is 0 Å². The monoisotopic (exact) mass is 563 g/mol. The SMILES string of the molecule is CN(C(=O)O)c1ccc(-n2cnc(Cl)c2[C@@H]2CCc3nc(-c4cc(Cl)ccc4-n4cnnn4)cc(=O)n32)cc1. The van der Waals surface area contributed by atoms with Gasteiger partial charge in [-0.05, 0) is 59.3 Å². The van der Waals surface area contributed by atoms with Crippen LogP contribution in [-0.2, 0) is 6.42 Å². The molecule has 1 atom stereocenters. The number of carbonyl (C=O) groups is 1. The standard InChI is InChI=1S/C25H19Cl2N9O3/c1-33(25(38)39)15-3-5-16(6-4-15)34-12-28-24(27)23(34)20-8-9-21-30-18(11-22(37)36(20)21)17-10-14(26)2-7-19(17)35-13-29-31-32-35/h2-7,10-13,20H,8-9H2,1H3,(H,38,39)/t20-/m0/s1. The molecule has 1 aliphatic heterocycles. The molecule has 0 radical (unpaired) electrons. The van der Waals surface area contributed by atoms with E-state index in [-0.39, 0.29) is 10.7 Å². The molecular weight excluding hydrogens is 545 g/mol. The van der Waals surface area contributed by atoms with Gasteiger partial charge < -0.3 is 5.11 Å². The zero-order chi connectivity index (χ0) is 27.3. The Labute approximate surface area is 230 Å². The lowest BCUT2D eigenvalue weighted by Crippen LogP contribution is -2.26. The van der Waals surface area contributed by atoms with Crippen LogP contribution in [0.15, 0.2) is 66.0 Å². The van der Waals surface area contributed by atoms with Crippen molar-refractivity contribution in [1.82, 2.24) is 39.3 Å². The number of amides is 1. The molecule has 4 heterocycles. The van der Waals surface area contributed by atoms with E-state index in [1.807, 2.05) is 0 Å². The van der Waals surface area contributed by atoms with E-state index in [9.17, 15) is 14.7 Å². The summed E-state index contributed by atoms with van der Waals surface area (Å²) in [5, 5.41) is 21.3. The summed E-state index contributed by atoms with van der Waals surface area (Å²) >= 11 is 12.8. The molecule has 0 saturated carbocycles. The molecule has 1 aliphatic rings. The smallest absolute Gasteiger partial charge is 0.411 e. The highest BCUT2D eigenvalue weighted by molar-refractivity contribution is 6.31. The number of tetrazole rings is 1. The van der Waals surface area contributed by atoms with Gasteiger partial charge in [0, 0.05) is 41.5 Å². The van der Waals surface area contributed by atoms with Crippen molar-refractivity contribution in [2.75, 3.05) is 11.9 Å². The van der Waals surface area contributed by atoms with Crippen molar-refractivity contribution < 1.29 is 9.90 Å². The van der Waals surface area contributed by atoms with E-state index in [2.05, 4.69) is 20.5 Å². The first-order valence-corrected chi connectivity index (χ1v) is 12.5. The molecule has 2 aromatic carbocycles. The number of aryl methyl sites for hydroxylation is 1. The molecule has 12 nitrogen and oxygen atoms in total. The van der Waals surface area contributed by atoms with Gasteiger partial charge in [-0.3, -0.25) is 18.8 Å². The number of aromatic nitrogens is 8. The van der Waals surface area contributed by atoms with Crippen LogP contribution in [0.3, 0.4) is 0 Å². The molecule has 6 rings (SSSR count). The molecule has 0 saturated heterocycles. The minimum absolute atomic E-state index is 0.248. The molecule has 14 heteroatoms. The van der Waals surface area contributed by atoms with Crippen molar-refractivity contribution in [1.29, 1.82) is 0 Å². The van der Waals surface area contributed by atoms with E-state index in [1.54, 1.807) is 57.9 Å². The fraction of sp³-hybridized carbons (Fsp3) is 0.160. The van der Waals surface area contributed by atoms with Crippen LogP contribution in [0.4, 0.5) is 10.5 Å². The fourth-order valence-electron chi connectivity index (χ4n) is 4.81. The summed E-state index contributed by atoms with van der Waals surface area (Å²) in [5.74, 6) is 0.604. The molecule has 5 aromatic rings. The first kappa shape index (κ1) is 24.8. The maximum absolute atomic E-state index is 13.5. The van der Waals surface area contributed by atoms with Crippen LogP contribution in [0.2, 0.25) is 10.2 Å². The van der Waals surface area contributed by atoms with E-state index < -0.39 is 12.1 Å². The Kier molecular flexibility index (Phi) is 6.12. The number of fused-ring (bicyclic) bond motifs is 1. The number of halogens is 2. The molecule has 39 heavy (non-hydrogen) atoms. The van der Waals surface area contributed by atoms with Crippen molar-refractivity contribution in [3.8, 4) is 22.6 Å². The Morgan fingerprint density at radius 1 is 1.10 bits per heavy atom. The zero-order valence-corrected chi connectivity index (χ0v) is 21.8. The largest absolute Gasteiger partial charge is 0.465 e. The second-order valence-electron chi connectivity index (χ2n) is 8.88. The summed E-state index contributed by atoms with van der Waals surface area (Å²) in [5.41, 5.74) is 3.34. The molecule has 0 fully saturated rings. The highest BCUT2D eigenvalue weighted by Gasteiger charge is 2.32. The van der Waals surface area contributed by atoms with Crippen LogP contribution < -0.4 is 10.5 Å². The van der Waals surface area contributed by atoms with Crippen molar-refractivity contribution in [2.45, 2.75) is 18.9 Å². The molecule has 0 spiro atoms. The molecule has 196 valence electrons. The average molecular weight is 564 g/mol. The highest BCUT2D eigenvalue weighted by atomic mass is 35.5. The normalized spacial score (nSPS) is 14.4. The summed E-state index contributed by atoms with van der Waals surface area (Å²) in [6, 6.07) is 13.2. The zero-order valence-electron chi connectivity index (χ0n) is 20.3. The van der Waals surface area contributed by atoms with Gasteiger partial charge in [0.2, 0.25) is 0 Å². The van der Waals surface area contributed by atoms with Crippen LogP contribution in [-0.4, -0.2) is 57.6 Å². The van der Waals surface area contributed by atoms with Crippen molar-refractivity contribution in [3.63, 3.8) is 0 Å². The summed E-state index contributed by atoms with van der Waals surface area (Å²) < 4.78 is 4.93. The first-order valence-electron chi connectivity index (χ1n) is 11.8. The second kappa shape index (κ2) is 9.64. The number of imidazole rings is 1. The minimum atomic E-state index is -1.06. The summed E-state index contributed by atoms with van der Waals surface area (Å²) in [7, 11) is 1.47. The third kappa shape index (κ3) is 4.33. The van der Waals surface area contributed by atoms with Gasteiger partial charge in [0.25, 0.3) is 5.56 Å². The Balaban J connectivity index is 1.40. The molecule has 0 unspecified atom stereocenters. The minimum Gasteiger partial charge on any atom is -0.465 e. The quantitative estimate of drug-likeness (QED) is 0.338. The first-order chi connectivity index (χ1) is 18.8. The van der Waals surface area contributed by atoms with Gasteiger partial charge in [0.05, 0.1) is 23.1 Å². The molecule has 0 aliphatic carbocycles. The van der Waals surface area contributed by atoms with E-state index in [0.717, 1.165) is 10.6 Å². The van der Waals surface area contributed by atoms with E-state index >= 15 is 0 Å². The van der Waals surface area contributed by atoms with Gasteiger partial charge in [-0.15, -0.1) is 5.10 Å². The Hall–Kier alpha value is -4.55. The van der Waals surface area contributed by atoms with E-state index in [0.29, 0.717) is 52.0 Å². The van der Waals surface area contributed by atoms with Crippen molar-refractivity contribution in [3.05, 3.63) is 93.2 Å². The van der Waals surface area contributed by atoms with E-state index in [1.165, 1.54) is 24.1 Å². The van der Waals surface area contributed by atoms with Gasteiger partial charge in [-0.2, -0.15) is 4.68 Å². The van der Waals surface area contributed by atoms with Gasteiger partial charge >= 0.3 is 6.09 Å². The highest BCUT2D eigenvalue weighted by Crippen LogP contribution is 2.36. The second-order valence-corrected chi connectivity index (χ2v) is 9.68. The van der Waals surface area contributed by atoms with E-state index in [4.69, 9.17) is 28.2 Å². The van der Waals surface area contributed by atoms with Gasteiger partial charge in [-0.25, -0.2) is 14.8 Å². The lowest BCUT2D eigenvalue weighted by atomic mass is 10.1. The Morgan fingerprint density at radius 2 is 1.90 bits per heavy atom. The predicted molar refractivity (Wildman–Crippen MR) is 143 cm³/mol. The lowest BCUT2D eigenvalue weighted by Gasteiger charge is -2.19. The number of carboxylic acid groups (broad SMARTS) is 1. The predicted octanol–water partition coefficient (Wildman–Crippen LogP) is 4.03. The lowest BCUT2D eigenvalue weighted by molar-refractivity contribution is 0.203. The maximum Gasteiger partial charge on any atom is 0.411 e. The number of anilines is 1. The number of hydrogen-bond acceptors (Lipinski definition) is 7. The summed E-state index contributed by atoms with van der Waals surface area (Å²) in [6.45, 7) is 0. The number of rotatable bonds is 5. The fourth-order valence-corrected chi connectivity index (χ4v) is 5.25. The Morgan fingerprint density at radius 3 is 2.62 bits per heavy atom. The Bertz CT molecular complexity index is 1760. The molecule has 0 bridgehead atoms. The number of nitrogens with zero attached hydrogens (tertiary/aromatic N) is 9. The maximum atomic E-state index is 13.5. The van der Waals surface area contributed by atoms with Crippen LogP contribution in [0.25, 0.3) is 22.6 Å². The average Bonchev–Trinajstić information content (AvgIpc) is 3.68. The van der Waals surface area contributed by atoms with Crippen LogP contribution in [0.1, 0.15) is 24.0 Å². The van der Waals surface area contributed by atoms with Crippen LogP contribution in [0, 0.1) is 0 Å². The number of hydrogen-bond donors (Lipinski definition) is 1. The number of benzene rings is 2. The molecular formula is C25H19Cl2N9O3. The topological polar surface area (TPSA) is 137 Å².